The number of fused-ring (bicyclic) bond motifs is 1. The Labute approximate surface area is 175 Å². The second-order valence-electron chi connectivity index (χ2n) is 6.52. The fourth-order valence-corrected chi connectivity index (χ4v) is 3.82. The Balaban J connectivity index is 1.40. The third kappa shape index (κ3) is 3.65. The van der Waals surface area contributed by atoms with Gasteiger partial charge in [0, 0.05) is 5.56 Å². The summed E-state index contributed by atoms with van der Waals surface area (Å²) in [6, 6.07) is 21.8. The number of aromatic nitrogens is 6. The molecule has 3 aromatic heterocycles. The lowest BCUT2D eigenvalue weighted by Crippen LogP contribution is -2.00. The molecule has 3 heterocycles. The van der Waals surface area contributed by atoms with Crippen molar-refractivity contribution in [2.75, 3.05) is 5.43 Å². The summed E-state index contributed by atoms with van der Waals surface area (Å²) in [5.41, 5.74) is 8.35. The van der Waals surface area contributed by atoms with Crippen LogP contribution in [0.25, 0.3) is 33.0 Å². The first kappa shape index (κ1) is 18.1. The quantitative estimate of drug-likeness (QED) is 0.328. The molecule has 0 aliphatic heterocycles. The molecule has 0 saturated heterocycles. The molecule has 2 N–H and O–H groups in total. The largest absolute Gasteiger partial charge is 0.252 e. The monoisotopic (exact) mass is 412 g/mol. The van der Waals surface area contributed by atoms with Crippen LogP contribution in [0.4, 0.5) is 5.13 Å². The van der Waals surface area contributed by atoms with Crippen LogP contribution in [-0.2, 0) is 0 Å². The van der Waals surface area contributed by atoms with Gasteiger partial charge in [0.15, 0.2) is 0 Å². The predicted octanol–water partition coefficient (Wildman–Crippen LogP) is 4.37. The summed E-state index contributed by atoms with van der Waals surface area (Å²) in [6.45, 7) is 1.96. The van der Waals surface area contributed by atoms with Crippen LogP contribution in [-0.4, -0.2) is 36.3 Å². The molecule has 5 aromatic rings. The minimum absolute atomic E-state index is 0.464. The Hall–Kier alpha value is -3.98. The zero-order chi connectivity index (χ0) is 20.3. The number of benzene rings is 2. The van der Waals surface area contributed by atoms with Crippen LogP contribution in [0.2, 0.25) is 0 Å². The van der Waals surface area contributed by atoms with Gasteiger partial charge < -0.3 is 0 Å². The smallest absolute Gasteiger partial charge is 0.222 e. The van der Waals surface area contributed by atoms with E-state index in [1.54, 1.807) is 11.3 Å². The maximum absolute atomic E-state index is 4.65. The van der Waals surface area contributed by atoms with Gasteiger partial charge in [0.2, 0.25) is 11.0 Å². The normalized spacial score (nSPS) is 11.7. The number of para-hydroxylation sites is 1. The van der Waals surface area contributed by atoms with E-state index in [2.05, 4.69) is 47.2 Å². The molecular weight excluding hydrogens is 396 g/mol. The van der Waals surface area contributed by atoms with Crippen molar-refractivity contribution in [3.63, 3.8) is 0 Å². The topological polar surface area (TPSA) is 105 Å². The molecule has 0 aliphatic rings. The maximum atomic E-state index is 4.65. The lowest BCUT2D eigenvalue weighted by molar-refractivity contribution is 0.881. The highest BCUT2D eigenvalue weighted by Gasteiger charge is 2.08. The van der Waals surface area contributed by atoms with E-state index >= 15 is 0 Å². The second kappa shape index (κ2) is 7.80. The number of hydrogen-bond acceptors (Lipinski definition) is 8. The molecule has 30 heavy (non-hydrogen) atoms. The minimum atomic E-state index is 0.464. The molecule has 0 saturated carbocycles. The summed E-state index contributed by atoms with van der Waals surface area (Å²) < 4.78 is 1.13. The zero-order valence-corrected chi connectivity index (χ0v) is 16.8. The maximum Gasteiger partial charge on any atom is 0.222 e. The lowest BCUT2D eigenvalue weighted by atomic mass is 10.0. The van der Waals surface area contributed by atoms with E-state index in [1.165, 1.54) is 0 Å². The molecular formula is C21H16N8S. The fourth-order valence-electron chi connectivity index (χ4n) is 3.01. The van der Waals surface area contributed by atoms with Crippen molar-refractivity contribution in [2.24, 2.45) is 5.10 Å². The van der Waals surface area contributed by atoms with Crippen LogP contribution >= 0.6 is 11.3 Å². The van der Waals surface area contributed by atoms with Crippen molar-refractivity contribution in [3.05, 3.63) is 72.3 Å². The van der Waals surface area contributed by atoms with Gasteiger partial charge in [-0.1, -0.05) is 47.7 Å². The SMILES string of the molecule is CC(=NNc1nc2ccccc2s1)c1cccc(-c2cccc(-c3nn[nH]n3)n2)c1. The molecule has 0 amide bonds. The van der Waals surface area contributed by atoms with Crippen molar-refractivity contribution in [2.45, 2.75) is 6.92 Å². The summed E-state index contributed by atoms with van der Waals surface area (Å²) in [5.74, 6) is 0.464. The van der Waals surface area contributed by atoms with Crippen LogP contribution in [0.1, 0.15) is 12.5 Å². The summed E-state index contributed by atoms with van der Waals surface area (Å²) in [7, 11) is 0. The van der Waals surface area contributed by atoms with Gasteiger partial charge in [-0.05, 0) is 48.0 Å². The van der Waals surface area contributed by atoms with Gasteiger partial charge in [0.25, 0.3) is 0 Å². The standard InChI is InChI=1S/C21H16N8S/c1-13(24-27-21-23-17-8-2-3-11-19(17)30-21)14-6-4-7-15(12-14)16-9-5-10-18(22-16)20-25-28-29-26-20/h2-12H,1H3,(H,23,27)(H,25,26,28,29). The first-order valence-corrected chi connectivity index (χ1v) is 10.1. The number of rotatable bonds is 5. The molecule has 0 atom stereocenters. The van der Waals surface area contributed by atoms with Crippen molar-refractivity contribution >= 4 is 32.4 Å². The van der Waals surface area contributed by atoms with Gasteiger partial charge in [0.1, 0.15) is 5.69 Å². The molecule has 0 fully saturated rings. The highest BCUT2D eigenvalue weighted by molar-refractivity contribution is 7.22. The van der Waals surface area contributed by atoms with Crippen LogP contribution in [0.5, 0.6) is 0 Å². The number of nitrogens with zero attached hydrogens (tertiary/aromatic N) is 6. The molecule has 5 rings (SSSR count). The molecule has 0 spiro atoms. The zero-order valence-electron chi connectivity index (χ0n) is 15.9. The molecule has 0 radical (unpaired) electrons. The van der Waals surface area contributed by atoms with Gasteiger partial charge in [-0.25, -0.2) is 9.97 Å². The third-order valence-electron chi connectivity index (χ3n) is 4.51. The van der Waals surface area contributed by atoms with Crippen molar-refractivity contribution in [3.8, 4) is 22.8 Å². The molecule has 8 nitrogen and oxygen atoms in total. The van der Waals surface area contributed by atoms with Crippen molar-refractivity contribution < 1.29 is 0 Å². The Morgan fingerprint density at radius 3 is 2.70 bits per heavy atom. The number of H-pyrrole nitrogens is 1. The molecule has 9 heteroatoms. The Morgan fingerprint density at radius 2 is 1.83 bits per heavy atom. The van der Waals surface area contributed by atoms with E-state index in [0.29, 0.717) is 11.5 Å². The first-order chi connectivity index (χ1) is 14.8. The van der Waals surface area contributed by atoms with E-state index in [9.17, 15) is 0 Å². The molecule has 0 bridgehead atoms. The number of thiazole rings is 1. The van der Waals surface area contributed by atoms with Gasteiger partial charge >= 0.3 is 0 Å². The Bertz CT molecular complexity index is 1310. The van der Waals surface area contributed by atoms with Gasteiger partial charge in [0.05, 0.1) is 21.6 Å². The summed E-state index contributed by atoms with van der Waals surface area (Å²) in [6.07, 6.45) is 0. The summed E-state index contributed by atoms with van der Waals surface area (Å²) in [4.78, 5) is 9.20. The average Bonchev–Trinajstić information content (AvgIpc) is 3.47. The summed E-state index contributed by atoms with van der Waals surface area (Å²) in [5, 5.41) is 19.3. The van der Waals surface area contributed by atoms with Crippen molar-refractivity contribution in [1.29, 1.82) is 0 Å². The van der Waals surface area contributed by atoms with Gasteiger partial charge in [-0.3, -0.25) is 5.43 Å². The Morgan fingerprint density at radius 1 is 0.967 bits per heavy atom. The van der Waals surface area contributed by atoms with Gasteiger partial charge in [-0.2, -0.15) is 10.3 Å². The highest BCUT2D eigenvalue weighted by atomic mass is 32.1. The van der Waals surface area contributed by atoms with Crippen LogP contribution in [0.15, 0.2) is 71.8 Å². The summed E-state index contributed by atoms with van der Waals surface area (Å²) >= 11 is 1.58. The first-order valence-electron chi connectivity index (χ1n) is 9.24. The minimum Gasteiger partial charge on any atom is -0.252 e. The molecule has 0 aliphatic carbocycles. The predicted molar refractivity (Wildman–Crippen MR) is 118 cm³/mol. The number of hydrazone groups is 1. The third-order valence-corrected chi connectivity index (χ3v) is 5.45. The number of anilines is 1. The average molecular weight is 412 g/mol. The van der Waals surface area contributed by atoms with Crippen molar-refractivity contribution in [1.82, 2.24) is 30.6 Å². The number of nitrogens with one attached hydrogen (secondary N) is 2. The van der Waals surface area contributed by atoms with E-state index < -0.39 is 0 Å². The second-order valence-corrected chi connectivity index (χ2v) is 7.55. The number of aromatic amines is 1. The van der Waals surface area contributed by atoms with E-state index in [4.69, 9.17) is 0 Å². The van der Waals surface area contributed by atoms with Crippen LogP contribution in [0, 0.1) is 0 Å². The van der Waals surface area contributed by atoms with Crippen LogP contribution < -0.4 is 5.43 Å². The molecule has 0 unspecified atom stereocenters. The van der Waals surface area contributed by atoms with E-state index in [0.717, 1.165) is 37.9 Å². The number of tetrazole rings is 1. The molecule has 2 aromatic carbocycles. The van der Waals surface area contributed by atoms with Gasteiger partial charge in [-0.15, -0.1) is 10.2 Å². The highest BCUT2D eigenvalue weighted by Crippen LogP contribution is 2.26. The van der Waals surface area contributed by atoms with E-state index in [1.807, 2.05) is 67.6 Å². The van der Waals surface area contributed by atoms with E-state index in [-0.39, 0.29) is 0 Å². The molecule has 146 valence electrons. The fraction of sp³-hybridized carbons (Fsp3) is 0.0476. The lowest BCUT2D eigenvalue weighted by Gasteiger charge is -2.06. The number of hydrogen-bond donors (Lipinski definition) is 2. The van der Waals surface area contributed by atoms with Crippen LogP contribution in [0.3, 0.4) is 0 Å². The Kier molecular flexibility index (Phi) is 4.70. The number of pyridine rings is 1.